The van der Waals surface area contributed by atoms with Gasteiger partial charge in [0, 0.05) is 22.3 Å². The highest BCUT2D eigenvalue weighted by molar-refractivity contribution is 7.93. The van der Waals surface area contributed by atoms with Crippen LogP contribution in [0.3, 0.4) is 0 Å². The number of pyridine rings is 1. The number of carbonyl (C=O) groups excluding carboxylic acids is 1. The van der Waals surface area contributed by atoms with Gasteiger partial charge in [0.15, 0.2) is 12.5 Å². The standard InChI is InChI=1S/C26H21ClF3N3O7S2/c1-2-32(41(35,36)21-13-9-19(10-14-21)40-26(28,29)30)24-15-31-25(23-6-4-3-5-22(23)24)33(16-39-17-34)42(37,38)20-11-7-18(27)8-12-20/h3-15,17H,2,16H2,1H3. The van der Waals surface area contributed by atoms with Gasteiger partial charge in [0.25, 0.3) is 26.5 Å². The topological polar surface area (TPSA) is 123 Å². The van der Waals surface area contributed by atoms with Gasteiger partial charge >= 0.3 is 6.36 Å². The van der Waals surface area contributed by atoms with Crippen molar-refractivity contribution in [2.24, 2.45) is 0 Å². The Labute approximate surface area is 244 Å². The summed E-state index contributed by atoms with van der Waals surface area (Å²) in [5.74, 6) is -0.756. The van der Waals surface area contributed by atoms with E-state index in [-0.39, 0.29) is 45.1 Å². The molecule has 0 saturated heterocycles. The van der Waals surface area contributed by atoms with Gasteiger partial charge in [-0.2, -0.15) is 0 Å². The zero-order valence-corrected chi connectivity index (χ0v) is 23.9. The van der Waals surface area contributed by atoms with Crippen molar-refractivity contribution in [3.05, 3.63) is 84.0 Å². The van der Waals surface area contributed by atoms with E-state index in [9.17, 15) is 34.8 Å². The average molecular weight is 644 g/mol. The highest BCUT2D eigenvalue weighted by atomic mass is 35.5. The lowest BCUT2D eigenvalue weighted by Gasteiger charge is -2.27. The predicted molar refractivity (Wildman–Crippen MR) is 148 cm³/mol. The number of hydrogen-bond donors (Lipinski definition) is 0. The minimum absolute atomic E-state index is 0.0626. The molecule has 0 aliphatic carbocycles. The molecule has 0 aliphatic rings. The lowest BCUT2D eigenvalue weighted by molar-refractivity contribution is -0.274. The fourth-order valence-electron chi connectivity index (χ4n) is 4.05. The van der Waals surface area contributed by atoms with Crippen LogP contribution in [0.1, 0.15) is 6.92 Å². The largest absolute Gasteiger partial charge is 0.573 e. The first-order chi connectivity index (χ1) is 19.8. The molecule has 4 rings (SSSR count). The summed E-state index contributed by atoms with van der Waals surface area (Å²) < 4.78 is 102. The molecule has 0 unspecified atom stereocenters. The first-order valence-corrected chi connectivity index (χ1v) is 15.1. The third-order valence-electron chi connectivity index (χ3n) is 5.85. The second kappa shape index (κ2) is 12.0. The van der Waals surface area contributed by atoms with Crippen molar-refractivity contribution < 1.29 is 44.3 Å². The van der Waals surface area contributed by atoms with Gasteiger partial charge < -0.3 is 9.47 Å². The van der Waals surface area contributed by atoms with Crippen molar-refractivity contribution in [2.45, 2.75) is 23.1 Å². The first kappa shape index (κ1) is 30.9. The molecule has 16 heteroatoms. The number of nitrogens with zero attached hydrogens (tertiary/aromatic N) is 3. The number of halogens is 4. The van der Waals surface area contributed by atoms with Crippen molar-refractivity contribution in [1.82, 2.24) is 4.98 Å². The normalized spacial score (nSPS) is 12.1. The summed E-state index contributed by atoms with van der Waals surface area (Å²) in [6.07, 6.45) is -3.81. The molecule has 0 N–H and O–H groups in total. The van der Waals surface area contributed by atoms with Crippen molar-refractivity contribution in [1.29, 1.82) is 0 Å². The number of hydrogen-bond acceptors (Lipinski definition) is 8. The number of rotatable bonds is 11. The smallest absolute Gasteiger partial charge is 0.445 e. The average Bonchev–Trinajstić information content (AvgIpc) is 2.94. The van der Waals surface area contributed by atoms with E-state index < -0.39 is 38.9 Å². The monoisotopic (exact) mass is 643 g/mol. The lowest BCUT2D eigenvalue weighted by Crippen LogP contribution is -2.35. The Hall–Kier alpha value is -4.08. The van der Waals surface area contributed by atoms with Crippen LogP contribution in [0.2, 0.25) is 5.02 Å². The third kappa shape index (κ3) is 6.37. The van der Waals surface area contributed by atoms with Crippen LogP contribution in [0.15, 0.2) is 88.8 Å². The van der Waals surface area contributed by atoms with Crippen molar-refractivity contribution in [2.75, 3.05) is 21.9 Å². The Morgan fingerprint density at radius 3 is 1.95 bits per heavy atom. The van der Waals surface area contributed by atoms with Crippen LogP contribution in [0.5, 0.6) is 5.75 Å². The van der Waals surface area contributed by atoms with Gasteiger partial charge in [-0.1, -0.05) is 35.9 Å². The molecule has 0 bridgehead atoms. The first-order valence-electron chi connectivity index (χ1n) is 11.9. The van der Waals surface area contributed by atoms with Crippen LogP contribution in [0.25, 0.3) is 10.8 Å². The molecule has 1 aromatic heterocycles. The number of carbonyl (C=O) groups is 1. The van der Waals surface area contributed by atoms with Crippen LogP contribution in [-0.2, 0) is 29.6 Å². The SMILES string of the molecule is CCN(c1cnc(N(COC=O)S(=O)(=O)c2ccc(Cl)cc2)c2ccccc12)S(=O)(=O)c1ccc(OC(F)(F)F)cc1. The maximum atomic E-state index is 13.6. The fraction of sp³-hybridized carbons (Fsp3) is 0.154. The fourth-order valence-corrected chi connectivity index (χ4v) is 6.96. The summed E-state index contributed by atoms with van der Waals surface area (Å²) in [5, 5.41) is 0.762. The van der Waals surface area contributed by atoms with Gasteiger partial charge in [0.05, 0.1) is 21.7 Å². The highest BCUT2D eigenvalue weighted by Crippen LogP contribution is 2.37. The molecule has 1 heterocycles. The second-order valence-electron chi connectivity index (χ2n) is 8.40. The molecule has 4 aromatic rings. The molecule has 10 nitrogen and oxygen atoms in total. The lowest BCUT2D eigenvalue weighted by atomic mass is 10.1. The van der Waals surface area contributed by atoms with Gasteiger partial charge in [-0.25, -0.2) is 26.1 Å². The summed E-state index contributed by atoms with van der Waals surface area (Å²) in [4.78, 5) is 14.8. The molecule has 0 saturated carbocycles. The number of aromatic nitrogens is 1. The Bertz CT molecular complexity index is 1800. The number of fused-ring (bicyclic) bond motifs is 1. The van der Waals surface area contributed by atoms with E-state index in [0.29, 0.717) is 5.02 Å². The summed E-state index contributed by atoms with van der Waals surface area (Å²) >= 11 is 5.90. The van der Waals surface area contributed by atoms with Crippen LogP contribution in [-0.4, -0.2) is 47.9 Å². The Balaban J connectivity index is 1.82. The van der Waals surface area contributed by atoms with E-state index in [1.165, 1.54) is 37.3 Å². The molecule has 0 aliphatic heterocycles. The van der Waals surface area contributed by atoms with E-state index >= 15 is 0 Å². The van der Waals surface area contributed by atoms with Crippen molar-refractivity contribution >= 4 is 60.4 Å². The van der Waals surface area contributed by atoms with E-state index in [4.69, 9.17) is 16.3 Å². The molecule has 42 heavy (non-hydrogen) atoms. The van der Waals surface area contributed by atoms with Crippen LogP contribution in [0, 0.1) is 0 Å². The van der Waals surface area contributed by atoms with Gasteiger partial charge in [-0.15, -0.1) is 13.2 Å². The minimum Gasteiger partial charge on any atom is -0.445 e. The third-order valence-corrected chi connectivity index (χ3v) is 9.73. The summed E-state index contributed by atoms with van der Waals surface area (Å²) in [6.45, 7) is 0.746. The second-order valence-corrected chi connectivity index (χ2v) is 12.6. The number of anilines is 2. The Kier molecular flexibility index (Phi) is 8.84. The number of benzene rings is 3. The molecule has 0 atom stereocenters. The maximum absolute atomic E-state index is 13.6. The van der Waals surface area contributed by atoms with Crippen LogP contribution >= 0.6 is 11.6 Å². The van der Waals surface area contributed by atoms with Gasteiger partial charge in [0.1, 0.15) is 5.75 Å². The molecule has 0 fully saturated rings. The molecular formula is C26H21ClF3N3O7S2. The Morgan fingerprint density at radius 2 is 1.40 bits per heavy atom. The van der Waals surface area contributed by atoms with E-state index in [1.54, 1.807) is 18.2 Å². The van der Waals surface area contributed by atoms with Crippen molar-refractivity contribution in [3.8, 4) is 5.75 Å². The summed E-state index contributed by atoms with van der Waals surface area (Å²) in [5.41, 5.74) is 0.0626. The van der Waals surface area contributed by atoms with E-state index in [0.717, 1.165) is 39.1 Å². The molecule has 0 radical (unpaired) electrons. The van der Waals surface area contributed by atoms with Gasteiger partial charge in [-0.3, -0.25) is 9.10 Å². The van der Waals surface area contributed by atoms with E-state index in [2.05, 4.69) is 9.72 Å². The van der Waals surface area contributed by atoms with Gasteiger partial charge in [0.2, 0.25) is 0 Å². The zero-order valence-electron chi connectivity index (χ0n) is 21.5. The molecular weight excluding hydrogens is 623 g/mol. The predicted octanol–water partition coefficient (Wildman–Crippen LogP) is 5.33. The molecule has 0 spiro atoms. The summed E-state index contributed by atoms with van der Waals surface area (Å²) in [7, 11) is -8.69. The maximum Gasteiger partial charge on any atom is 0.573 e. The molecule has 3 aromatic carbocycles. The van der Waals surface area contributed by atoms with Gasteiger partial charge in [-0.05, 0) is 55.5 Å². The van der Waals surface area contributed by atoms with Crippen LogP contribution < -0.4 is 13.3 Å². The van der Waals surface area contributed by atoms with E-state index in [1.807, 2.05) is 0 Å². The van der Waals surface area contributed by atoms with Crippen LogP contribution in [0.4, 0.5) is 24.7 Å². The number of sulfonamides is 2. The molecule has 0 amide bonds. The van der Waals surface area contributed by atoms with Crippen molar-refractivity contribution in [3.63, 3.8) is 0 Å². The quantitative estimate of drug-likeness (QED) is 0.159. The number of ether oxygens (including phenoxy) is 2. The number of alkyl halides is 3. The highest BCUT2D eigenvalue weighted by Gasteiger charge is 2.33. The summed E-state index contributed by atoms with van der Waals surface area (Å²) in [6, 6.07) is 15.2. The zero-order chi connectivity index (χ0) is 30.7. The Morgan fingerprint density at radius 1 is 0.857 bits per heavy atom. The molecule has 222 valence electrons. The minimum atomic E-state index is -4.95.